The van der Waals surface area contributed by atoms with E-state index >= 15 is 0 Å². The van der Waals surface area contributed by atoms with Crippen molar-refractivity contribution in [3.05, 3.63) is 11.8 Å². The highest BCUT2D eigenvalue weighted by atomic mass is 28.4. The van der Waals surface area contributed by atoms with Gasteiger partial charge in [0.1, 0.15) is 11.7 Å². The number of nitrogens with zero attached hydrogens (tertiary/aromatic N) is 2. The zero-order chi connectivity index (χ0) is 21.3. The Morgan fingerprint density at radius 2 is 1.82 bits per heavy atom. The van der Waals surface area contributed by atoms with E-state index in [2.05, 4.69) is 49.4 Å². The van der Waals surface area contributed by atoms with Crippen molar-refractivity contribution in [2.45, 2.75) is 104 Å². The van der Waals surface area contributed by atoms with Crippen LogP contribution in [0.15, 0.2) is 4.42 Å². The third kappa shape index (κ3) is 6.30. The average molecular weight is 412 g/mol. The summed E-state index contributed by atoms with van der Waals surface area (Å²) in [6, 6.07) is 0.156. The fourth-order valence-electron chi connectivity index (χ4n) is 2.92. The lowest BCUT2D eigenvalue weighted by molar-refractivity contribution is 0.0450. The van der Waals surface area contributed by atoms with Crippen molar-refractivity contribution in [1.29, 1.82) is 0 Å². The summed E-state index contributed by atoms with van der Waals surface area (Å²) in [5, 5.41) is 11.4. The minimum atomic E-state index is -1.89. The molecule has 0 aromatic carbocycles. The third-order valence-corrected chi connectivity index (χ3v) is 10.1. The second-order valence-corrected chi connectivity index (χ2v) is 15.2. The predicted molar refractivity (Wildman–Crippen MR) is 111 cm³/mol. The lowest BCUT2D eigenvalue weighted by atomic mass is 9.78. The molecule has 1 atom stereocenters. The van der Waals surface area contributed by atoms with Gasteiger partial charge in [0.05, 0.1) is 0 Å². The molecule has 1 heterocycles. The fourth-order valence-corrected chi connectivity index (χ4v) is 4.26. The molecule has 8 heteroatoms. The second-order valence-electron chi connectivity index (χ2n) is 10.4. The molecule has 160 valence electrons. The van der Waals surface area contributed by atoms with Gasteiger partial charge in [0.25, 0.3) is 0 Å². The summed E-state index contributed by atoms with van der Waals surface area (Å²) >= 11 is 0. The summed E-state index contributed by atoms with van der Waals surface area (Å²) in [5.74, 6) is 1.62. The fraction of sp³-hybridized carbons (Fsp3) is 0.850. The van der Waals surface area contributed by atoms with Gasteiger partial charge in [-0.15, -0.1) is 10.2 Å². The summed E-state index contributed by atoms with van der Waals surface area (Å²) < 4.78 is 17.5. The molecule has 0 aliphatic heterocycles. The molecule has 28 heavy (non-hydrogen) atoms. The maximum Gasteiger partial charge on any atom is 0.407 e. The van der Waals surface area contributed by atoms with Crippen molar-refractivity contribution in [3.8, 4) is 0 Å². The first-order chi connectivity index (χ1) is 12.7. The van der Waals surface area contributed by atoms with Crippen LogP contribution < -0.4 is 5.32 Å². The Bertz CT molecular complexity index is 670. The van der Waals surface area contributed by atoms with E-state index in [4.69, 9.17) is 13.6 Å². The van der Waals surface area contributed by atoms with E-state index in [1.807, 2.05) is 27.7 Å². The Labute approximate surface area is 170 Å². The Morgan fingerprint density at radius 3 is 2.36 bits per heavy atom. The first-order valence-electron chi connectivity index (χ1n) is 10.2. The molecule has 1 N–H and O–H groups in total. The molecule has 1 unspecified atom stereocenters. The van der Waals surface area contributed by atoms with Gasteiger partial charge < -0.3 is 18.9 Å². The zero-order valence-electron chi connectivity index (χ0n) is 18.9. The third-order valence-electron chi connectivity index (χ3n) is 5.53. The molecular formula is C20H37N3O4Si. The summed E-state index contributed by atoms with van der Waals surface area (Å²) in [7, 11) is -1.89. The van der Waals surface area contributed by atoms with Crippen LogP contribution in [-0.2, 0) is 15.6 Å². The Morgan fingerprint density at radius 1 is 1.21 bits per heavy atom. The van der Waals surface area contributed by atoms with Crippen LogP contribution in [0.4, 0.5) is 4.79 Å². The molecule has 0 spiro atoms. The number of carbonyl (C=O) groups is 1. The van der Waals surface area contributed by atoms with Crippen LogP contribution in [-0.4, -0.2) is 36.3 Å². The molecular weight excluding hydrogens is 374 g/mol. The van der Waals surface area contributed by atoms with Crippen LogP contribution in [0, 0.1) is 5.92 Å². The van der Waals surface area contributed by atoms with Gasteiger partial charge in [-0.2, -0.15) is 0 Å². The van der Waals surface area contributed by atoms with Gasteiger partial charge in [-0.25, -0.2) is 4.79 Å². The number of nitrogens with one attached hydrogen (secondary N) is 1. The van der Waals surface area contributed by atoms with Gasteiger partial charge in [0.2, 0.25) is 11.8 Å². The minimum absolute atomic E-state index is 0.131. The molecule has 2 rings (SSSR count). The van der Waals surface area contributed by atoms with E-state index in [1.165, 1.54) is 0 Å². The van der Waals surface area contributed by atoms with Crippen LogP contribution in [0.2, 0.25) is 18.1 Å². The Balaban J connectivity index is 1.79. The number of rotatable bonds is 6. The molecule has 1 saturated carbocycles. The standard InChI is InChI=1S/C20H37N3O4Si/c1-13(27-28(8,9)20(5,6)7)17-23-22-16(25-17)12-14-10-15(11-14)21-18(24)26-19(2,3)4/h13-15H,10-12H2,1-9H3,(H,21,24). The lowest BCUT2D eigenvalue weighted by Crippen LogP contribution is -2.46. The van der Waals surface area contributed by atoms with E-state index in [0.29, 0.717) is 17.7 Å². The molecule has 1 aliphatic rings. The topological polar surface area (TPSA) is 86.5 Å². The monoisotopic (exact) mass is 411 g/mol. The highest BCUT2D eigenvalue weighted by Gasteiger charge is 2.39. The first-order valence-corrected chi connectivity index (χ1v) is 13.1. The molecule has 0 saturated heterocycles. The molecule has 1 aromatic rings. The SMILES string of the molecule is CC(O[Si](C)(C)C(C)(C)C)c1nnc(CC2CC(NC(=O)OC(C)(C)C)C2)o1. The number of alkyl carbamates (subject to hydrolysis) is 1. The molecule has 1 aromatic heterocycles. The van der Waals surface area contributed by atoms with Gasteiger partial charge in [0.15, 0.2) is 8.32 Å². The number of aromatic nitrogens is 2. The lowest BCUT2D eigenvalue weighted by Gasteiger charge is -2.37. The van der Waals surface area contributed by atoms with Crippen molar-refractivity contribution < 1.29 is 18.4 Å². The van der Waals surface area contributed by atoms with Gasteiger partial charge in [0, 0.05) is 12.5 Å². The van der Waals surface area contributed by atoms with Crippen LogP contribution in [0.5, 0.6) is 0 Å². The van der Waals surface area contributed by atoms with E-state index in [1.54, 1.807) is 0 Å². The van der Waals surface area contributed by atoms with Gasteiger partial charge in [-0.05, 0) is 64.6 Å². The number of hydrogen-bond donors (Lipinski definition) is 1. The van der Waals surface area contributed by atoms with Gasteiger partial charge in [-0.1, -0.05) is 20.8 Å². The van der Waals surface area contributed by atoms with Crippen LogP contribution in [0.3, 0.4) is 0 Å². The highest BCUT2D eigenvalue weighted by molar-refractivity contribution is 6.74. The smallest absolute Gasteiger partial charge is 0.407 e. The predicted octanol–water partition coefficient (Wildman–Crippen LogP) is 5.00. The Kier molecular flexibility index (Phi) is 6.65. The number of ether oxygens (including phenoxy) is 1. The largest absolute Gasteiger partial charge is 0.444 e. The quantitative estimate of drug-likeness (QED) is 0.663. The van der Waals surface area contributed by atoms with Crippen molar-refractivity contribution in [3.63, 3.8) is 0 Å². The van der Waals surface area contributed by atoms with Crippen LogP contribution in [0.25, 0.3) is 0 Å². The summed E-state index contributed by atoms with van der Waals surface area (Å²) in [6.07, 6.45) is 1.96. The molecule has 1 fully saturated rings. The molecule has 0 radical (unpaired) electrons. The van der Waals surface area contributed by atoms with Crippen molar-refractivity contribution >= 4 is 14.4 Å². The van der Waals surface area contributed by atoms with E-state index in [9.17, 15) is 4.79 Å². The molecule has 0 bridgehead atoms. The van der Waals surface area contributed by atoms with Crippen molar-refractivity contribution in [2.75, 3.05) is 0 Å². The van der Waals surface area contributed by atoms with Crippen LogP contribution in [0.1, 0.15) is 79.2 Å². The van der Waals surface area contributed by atoms with Gasteiger partial charge >= 0.3 is 6.09 Å². The highest BCUT2D eigenvalue weighted by Crippen LogP contribution is 2.39. The maximum atomic E-state index is 11.8. The maximum absolute atomic E-state index is 11.8. The molecule has 7 nitrogen and oxygen atoms in total. The zero-order valence-corrected chi connectivity index (χ0v) is 19.9. The number of hydrogen-bond acceptors (Lipinski definition) is 6. The first kappa shape index (κ1) is 22.9. The molecule has 1 amide bonds. The van der Waals surface area contributed by atoms with Gasteiger partial charge in [-0.3, -0.25) is 0 Å². The average Bonchev–Trinajstić information content (AvgIpc) is 2.90. The Hall–Kier alpha value is -1.41. The van der Waals surface area contributed by atoms with E-state index in [-0.39, 0.29) is 23.3 Å². The van der Waals surface area contributed by atoms with Crippen molar-refractivity contribution in [1.82, 2.24) is 15.5 Å². The molecule has 1 aliphatic carbocycles. The second kappa shape index (κ2) is 8.14. The summed E-state index contributed by atoms with van der Waals surface area (Å²) in [5.41, 5.74) is -0.476. The minimum Gasteiger partial charge on any atom is -0.444 e. The summed E-state index contributed by atoms with van der Waals surface area (Å²) in [6.45, 7) is 18.6. The number of carbonyl (C=O) groups excluding carboxylic acids is 1. The number of amides is 1. The van der Waals surface area contributed by atoms with E-state index < -0.39 is 13.9 Å². The van der Waals surface area contributed by atoms with Crippen LogP contribution >= 0.6 is 0 Å². The normalized spacial score (nSPS) is 21.8. The van der Waals surface area contributed by atoms with Crippen molar-refractivity contribution in [2.24, 2.45) is 5.92 Å². The van der Waals surface area contributed by atoms with E-state index in [0.717, 1.165) is 19.3 Å². The summed E-state index contributed by atoms with van der Waals surface area (Å²) in [4.78, 5) is 11.8.